The van der Waals surface area contributed by atoms with Gasteiger partial charge in [-0.15, -0.1) is 0 Å². The molecule has 4 amide bonds. The summed E-state index contributed by atoms with van der Waals surface area (Å²) in [5, 5.41) is 2.66. The number of carbonyl (C=O) groups is 3. The summed E-state index contributed by atoms with van der Waals surface area (Å²) in [6.07, 6.45) is 2.23. The van der Waals surface area contributed by atoms with Gasteiger partial charge < -0.3 is 0 Å². The fourth-order valence-corrected chi connectivity index (χ4v) is 4.07. The van der Waals surface area contributed by atoms with Crippen molar-refractivity contribution in [3.63, 3.8) is 0 Å². The smallest absolute Gasteiger partial charge is 0.273 e. The van der Waals surface area contributed by atoms with Gasteiger partial charge in [-0.05, 0) is 59.9 Å². The molecule has 0 bridgehead atoms. The van der Waals surface area contributed by atoms with E-state index in [1.165, 1.54) is 6.08 Å². The monoisotopic (exact) mass is 508 g/mol. The van der Waals surface area contributed by atoms with E-state index < -0.39 is 17.8 Å². The lowest BCUT2D eigenvalue weighted by Crippen LogP contribution is -2.54. The molecule has 1 aliphatic heterocycles. The summed E-state index contributed by atoms with van der Waals surface area (Å²) < 4.78 is 1.04. The molecule has 1 fully saturated rings. The Labute approximate surface area is 198 Å². The van der Waals surface area contributed by atoms with Crippen LogP contribution in [0.25, 0.3) is 6.08 Å². The lowest BCUT2D eigenvalue weighted by atomic mass is 10.0. The maximum absolute atomic E-state index is 13.1. The van der Waals surface area contributed by atoms with Crippen molar-refractivity contribution in [3.8, 4) is 0 Å². The first-order valence-electron chi connectivity index (χ1n) is 9.84. The van der Waals surface area contributed by atoms with Crippen LogP contribution in [0.1, 0.15) is 22.3 Å². The molecule has 0 atom stereocenters. The molecule has 0 saturated carbocycles. The quantitative estimate of drug-likeness (QED) is 0.364. The SMILES string of the molecule is Cc1c(Cl)cccc1N1C(=O)NC(=O)/C(=C\c2ccc(Cc3ccccc3Br)cc2)C1=O. The number of urea groups is 1. The molecule has 3 aromatic rings. The van der Waals surface area contributed by atoms with Gasteiger partial charge in [0.1, 0.15) is 5.57 Å². The Bertz CT molecular complexity index is 1270. The molecule has 1 saturated heterocycles. The third-order valence-electron chi connectivity index (χ3n) is 5.22. The van der Waals surface area contributed by atoms with Crippen LogP contribution >= 0.6 is 27.5 Å². The number of nitrogens with one attached hydrogen (secondary N) is 1. The summed E-state index contributed by atoms with van der Waals surface area (Å²) in [5.41, 5.74) is 3.71. The van der Waals surface area contributed by atoms with Crippen molar-refractivity contribution in [1.29, 1.82) is 0 Å². The number of imide groups is 2. The second-order valence-corrected chi connectivity index (χ2v) is 8.61. The van der Waals surface area contributed by atoms with Crippen LogP contribution in [0, 0.1) is 6.92 Å². The summed E-state index contributed by atoms with van der Waals surface area (Å²) in [5.74, 6) is -1.42. The van der Waals surface area contributed by atoms with Crippen LogP contribution in [0.4, 0.5) is 10.5 Å². The minimum atomic E-state index is -0.800. The van der Waals surface area contributed by atoms with Gasteiger partial charge in [-0.3, -0.25) is 14.9 Å². The van der Waals surface area contributed by atoms with Crippen LogP contribution in [0.15, 0.2) is 76.8 Å². The lowest BCUT2D eigenvalue weighted by Gasteiger charge is -2.27. The van der Waals surface area contributed by atoms with E-state index in [4.69, 9.17) is 11.6 Å². The predicted molar refractivity (Wildman–Crippen MR) is 129 cm³/mol. The minimum absolute atomic E-state index is 0.123. The maximum atomic E-state index is 13.1. The fraction of sp³-hybridized carbons (Fsp3) is 0.0800. The van der Waals surface area contributed by atoms with Gasteiger partial charge in [-0.25, -0.2) is 9.69 Å². The van der Waals surface area contributed by atoms with Crippen LogP contribution in [0.5, 0.6) is 0 Å². The molecule has 4 rings (SSSR count). The second-order valence-electron chi connectivity index (χ2n) is 7.35. The van der Waals surface area contributed by atoms with E-state index in [2.05, 4.69) is 27.3 Å². The number of rotatable bonds is 4. The third-order valence-corrected chi connectivity index (χ3v) is 6.41. The molecule has 0 aliphatic carbocycles. The zero-order chi connectivity index (χ0) is 22.8. The Morgan fingerprint density at radius 3 is 2.41 bits per heavy atom. The number of hydrogen-bond acceptors (Lipinski definition) is 3. The molecule has 1 N–H and O–H groups in total. The second kappa shape index (κ2) is 9.10. The number of amides is 4. The minimum Gasteiger partial charge on any atom is -0.273 e. The largest absolute Gasteiger partial charge is 0.335 e. The van der Waals surface area contributed by atoms with Gasteiger partial charge in [0.2, 0.25) is 0 Å². The summed E-state index contributed by atoms with van der Waals surface area (Å²) in [4.78, 5) is 38.9. The number of nitrogens with zero attached hydrogens (tertiary/aromatic N) is 1. The number of anilines is 1. The average molecular weight is 510 g/mol. The van der Waals surface area contributed by atoms with Crippen LogP contribution in [0.3, 0.4) is 0 Å². The summed E-state index contributed by atoms with van der Waals surface area (Å²) in [6.45, 7) is 1.71. The molecule has 160 valence electrons. The zero-order valence-electron chi connectivity index (χ0n) is 17.1. The molecular weight excluding hydrogens is 492 g/mol. The molecule has 1 heterocycles. The summed E-state index contributed by atoms with van der Waals surface area (Å²) >= 11 is 9.71. The van der Waals surface area contributed by atoms with Crippen LogP contribution in [0.2, 0.25) is 5.02 Å². The van der Waals surface area contributed by atoms with Crippen LogP contribution < -0.4 is 10.2 Å². The Hall–Kier alpha value is -3.22. The Morgan fingerprint density at radius 1 is 0.969 bits per heavy atom. The molecule has 0 spiro atoms. The molecule has 32 heavy (non-hydrogen) atoms. The summed E-state index contributed by atoms with van der Waals surface area (Å²) in [6, 6.07) is 19.7. The van der Waals surface area contributed by atoms with Gasteiger partial charge in [0.15, 0.2) is 0 Å². The molecule has 0 aromatic heterocycles. The zero-order valence-corrected chi connectivity index (χ0v) is 19.4. The predicted octanol–water partition coefficient (Wildman–Crippen LogP) is 5.67. The molecule has 7 heteroatoms. The number of halogens is 2. The summed E-state index contributed by atoms with van der Waals surface area (Å²) in [7, 11) is 0. The first-order valence-corrected chi connectivity index (χ1v) is 11.0. The molecular formula is C25H18BrClN2O3. The Kier molecular flexibility index (Phi) is 6.26. The van der Waals surface area contributed by atoms with Crippen molar-refractivity contribution in [2.45, 2.75) is 13.3 Å². The highest BCUT2D eigenvalue weighted by molar-refractivity contribution is 9.10. The van der Waals surface area contributed by atoms with Crippen molar-refractivity contribution in [2.24, 2.45) is 0 Å². The van der Waals surface area contributed by atoms with Gasteiger partial charge >= 0.3 is 6.03 Å². The van der Waals surface area contributed by atoms with Gasteiger partial charge in [-0.2, -0.15) is 0 Å². The van der Waals surface area contributed by atoms with E-state index in [0.717, 1.165) is 26.9 Å². The van der Waals surface area contributed by atoms with E-state index in [-0.39, 0.29) is 5.57 Å². The van der Waals surface area contributed by atoms with Crippen molar-refractivity contribution in [2.75, 3.05) is 4.90 Å². The van der Waals surface area contributed by atoms with E-state index in [0.29, 0.717) is 21.8 Å². The fourth-order valence-electron chi connectivity index (χ4n) is 3.47. The molecule has 0 radical (unpaired) electrons. The van der Waals surface area contributed by atoms with E-state index in [9.17, 15) is 14.4 Å². The number of hydrogen-bond donors (Lipinski definition) is 1. The first kappa shape index (κ1) is 22.0. The topological polar surface area (TPSA) is 66.5 Å². The molecule has 1 aliphatic rings. The molecule has 0 unspecified atom stereocenters. The third kappa shape index (κ3) is 4.38. The Morgan fingerprint density at radius 2 is 1.69 bits per heavy atom. The lowest BCUT2D eigenvalue weighted by molar-refractivity contribution is -0.122. The number of carbonyl (C=O) groups excluding carboxylic acids is 3. The first-order chi connectivity index (χ1) is 15.3. The van der Waals surface area contributed by atoms with E-state index in [1.807, 2.05) is 42.5 Å². The highest BCUT2D eigenvalue weighted by Crippen LogP contribution is 2.29. The maximum Gasteiger partial charge on any atom is 0.335 e. The van der Waals surface area contributed by atoms with Crippen molar-refractivity contribution >= 4 is 57.1 Å². The number of barbiturate groups is 1. The van der Waals surface area contributed by atoms with Crippen molar-refractivity contribution in [3.05, 3.63) is 104 Å². The van der Waals surface area contributed by atoms with Gasteiger partial charge in [0.25, 0.3) is 11.8 Å². The highest BCUT2D eigenvalue weighted by Gasteiger charge is 2.37. The van der Waals surface area contributed by atoms with Crippen molar-refractivity contribution < 1.29 is 14.4 Å². The van der Waals surface area contributed by atoms with Crippen LogP contribution in [-0.2, 0) is 16.0 Å². The molecule has 5 nitrogen and oxygen atoms in total. The molecule has 3 aromatic carbocycles. The highest BCUT2D eigenvalue weighted by atomic mass is 79.9. The van der Waals surface area contributed by atoms with Gasteiger partial charge in [0.05, 0.1) is 5.69 Å². The average Bonchev–Trinajstić information content (AvgIpc) is 2.77. The van der Waals surface area contributed by atoms with E-state index >= 15 is 0 Å². The number of benzene rings is 3. The Balaban J connectivity index is 1.62. The standard InChI is InChI=1S/C25H18BrClN2O3/c1-15-21(27)7-4-8-22(15)29-24(31)19(23(30)28-25(29)32)14-17-11-9-16(10-12-17)13-18-5-2-3-6-20(18)26/h2-12,14H,13H2,1H3,(H,28,30,32)/b19-14+. The van der Waals surface area contributed by atoms with Crippen LogP contribution in [-0.4, -0.2) is 17.8 Å². The van der Waals surface area contributed by atoms with Gasteiger partial charge in [-0.1, -0.05) is 76.1 Å². The van der Waals surface area contributed by atoms with Gasteiger partial charge in [0, 0.05) is 9.50 Å². The van der Waals surface area contributed by atoms with Crippen molar-refractivity contribution in [1.82, 2.24) is 5.32 Å². The normalized spacial score (nSPS) is 15.3. The van der Waals surface area contributed by atoms with E-state index in [1.54, 1.807) is 25.1 Å².